The van der Waals surface area contributed by atoms with Crippen molar-refractivity contribution in [2.45, 2.75) is 91.1 Å². The summed E-state index contributed by atoms with van der Waals surface area (Å²) >= 11 is 0. The zero-order valence-electron chi connectivity index (χ0n) is 13.2. The van der Waals surface area contributed by atoms with Crippen LogP contribution < -0.4 is 5.73 Å². The number of carbonyl (C=O) groups excluding carboxylic acids is 1. The van der Waals surface area contributed by atoms with E-state index >= 15 is 0 Å². The number of urea groups is 1. The van der Waals surface area contributed by atoms with E-state index in [0.29, 0.717) is 0 Å². The minimum absolute atomic E-state index is 0.168. The number of hydrogen-bond acceptors (Lipinski definition) is 1. The Kier molecular flexibility index (Phi) is 6.72. The van der Waals surface area contributed by atoms with Crippen LogP contribution in [0.1, 0.15) is 80.1 Å². The van der Waals surface area contributed by atoms with Crippen molar-refractivity contribution in [3.8, 4) is 0 Å². The second-order valence-electron chi connectivity index (χ2n) is 6.51. The molecule has 0 aromatic heterocycles. The highest BCUT2D eigenvalue weighted by atomic mass is 16.2. The van der Waals surface area contributed by atoms with Crippen LogP contribution in [0, 0.1) is 0 Å². The Morgan fingerprint density at radius 2 is 1.28 bits per heavy atom. The predicted octanol–water partition coefficient (Wildman–Crippen LogP) is 4.30. The van der Waals surface area contributed by atoms with Gasteiger partial charge in [-0.25, -0.2) is 4.79 Å². The third-order valence-corrected chi connectivity index (χ3v) is 3.72. The van der Waals surface area contributed by atoms with E-state index in [1.165, 1.54) is 0 Å². The fourth-order valence-corrected chi connectivity index (χ4v) is 2.86. The first-order chi connectivity index (χ1) is 8.19. The first kappa shape index (κ1) is 17.3. The second-order valence-corrected chi connectivity index (χ2v) is 6.51. The minimum Gasteiger partial charge on any atom is -0.351 e. The molecule has 0 fully saturated rings. The normalized spacial score (nSPS) is 12.6. The lowest BCUT2D eigenvalue weighted by Gasteiger charge is -2.48. The largest absolute Gasteiger partial charge is 0.351 e. The van der Waals surface area contributed by atoms with Crippen molar-refractivity contribution in [3.63, 3.8) is 0 Å². The molecule has 3 nitrogen and oxygen atoms in total. The number of nitrogens with zero attached hydrogens (tertiary/aromatic N) is 1. The summed E-state index contributed by atoms with van der Waals surface area (Å²) in [6, 6.07) is -0.294. The fraction of sp³-hybridized carbons (Fsp3) is 0.933. The first-order valence-corrected chi connectivity index (χ1v) is 7.28. The molecule has 0 aliphatic heterocycles. The van der Waals surface area contributed by atoms with Crippen molar-refractivity contribution >= 4 is 6.03 Å². The molecule has 0 heterocycles. The van der Waals surface area contributed by atoms with Gasteiger partial charge in [-0.15, -0.1) is 0 Å². The molecule has 0 spiro atoms. The Bertz CT molecular complexity index is 239. The molecule has 0 aromatic rings. The molecule has 108 valence electrons. The van der Waals surface area contributed by atoms with E-state index in [1.807, 2.05) is 4.90 Å². The maximum atomic E-state index is 11.9. The van der Waals surface area contributed by atoms with E-state index < -0.39 is 0 Å². The smallest absolute Gasteiger partial charge is 0.315 e. The van der Waals surface area contributed by atoms with Crippen molar-refractivity contribution < 1.29 is 4.79 Å². The third kappa shape index (κ3) is 4.87. The molecule has 0 radical (unpaired) electrons. The Hall–Kier alpha value is -0.730. The number of rotatable bonds is 8. The van der Waals surface area contributed by atoms with E-state index in [4.69, 9.17) is 5.73 Å². The van der Waals surface area contributed by atoms with Crippen LogP contribution in [0.4, 0.5) is 4.79 Å². The van der Waals surface area contributed by atoms with Crippen LogP contribution in [-0.2, 0) is 0 Å². The molecule has 0 rings (SSSR count). The lowest BCUT2D eigenvalue weighted by atomic mass is 9.86. The van der Waals surface area contributed by atoms with Crippen LogP contribution in [0.2, 0.25) is 0 Å². The molecule has 0 saturated carbocycles. The van der Waals surface area contributed by atoms with E-state index in [0.717, 1.165) is 38.5 Å². The molecular weight excluding hydrogens is 224 g/mol. The highest BCUT2D eigenvalue weighted by Gasteiger charge is 2.39. The highest BCUT2D eigenvalue weighted by molar-refractivity contribution is 5.73. The standard InChI is InChI=1S/C15H32N2O/c1-7-9-11-14(3,4)17(13(16)18)15(5,6)12-10-8-2/h7-12H2,1-6H3,(H2,16,18). The lowest BCUT2D eigenvalue weighted by molar-refractivity contribution is 0.0458. The SMILES string of the molecule is CCCCC(C)(C)N(C(N)=O)C(C)(C)CCCC. The molecule has 0 atom stereocenters. The Morgan fingerprint density at radius 3 is 1.50 bits per heavy atom. The summed E-state index contributed by atoms with van der Waals surface area (Å²) in [5, 5.41) is 0. The zero-order chi connectivity index (χ0) is 14.4. The van der Waals surface area contributed by atoms with Gasteiger partial charge in [0.2, 0.25) is 0 Å². The van der Waals surface area contributed by atoms with Crippen molar-refractivity contribution in [3.05, 3.63) is 0 Å². The molecule has 0 aliphatic carbocycles. The third-order valence-electron chi connectivity index (χ3n) is 3.72. The van der Waals surface area contributed by atoms with E-state index in [-0.39, 0.29) is 17.1 Å². The van der Waals surface area contributed by atoms with Crippen LogP contribution in [0.25, 0.3) is 0 Å². The molecule has 2 amide bonds. The molecule has 0 saturated heterocycles. The summed E-state index contributed by atoms with van der Waals surface area (Å²) in [5.74, 6) is 0. The summed E-state index contributed by atoms with van der Waals surface area (Å²) in [6.07, 6.45) is 6.54. The van der Waals surface area contributed by atoms with Crippen molar-refractivity contribution in [2.24, 2.45) is 5.73 Å². The van der Waals surface area contributed by atoms with Crippen LogP contribution in [0.3, 0.4) is 0 Å². The van der Waals surface area contributed by atoms with Gasteiger partial charge in [-0.05, 0) is 40.5 Å². The van der Waals surface area contributed by atoms with Gasteiger partial charge >= 0.3 is 6.03 Å². The number of carbonyl (C=O) groups is 1. The van der Waals surface area contributed by atoms with Crippen LogP contribution >= 0.6 is 0 Å². The molecule has 0 aromatic carbocycles. The highest BCUT2D eigenvalue weighted by Crippen LogP contribution is 2.32. The van der Waals surface area contributed by atoms with Crippen LogP contribution in [0.15, 0.2) is 0 Å². The molecule has 0 bridgehead atoms. The fourth-order valence-electron chi connectivity index (χ4n) is 2.86. The van der Waals surface area contributed by atoms with Gasteiger partial charge in [-0.3, -0.25) is 0 Å². The van der Waals surface area contributed by atoms with Gasteiger partial charge in [0, 0.05) is 11.1 Å². The van der Waals surface area contributed by atoms with Gasteiger partial charge < -0.3 is 10.6 Å². The second kappa shape index (κ2) is 7.01. The minimum atomic E-state index is -0.294. The van der Waals surface area contributed by atoms with Gasteiger partial charge in [0.15, 0.2) is 0 Å². The number of unbranched alkanes of at least 4 members (excludes halogenated alkanes) is 2. The van der Waals surface area contributed by atoms with Gasteiger partial charge in [0.1, 0.15) is 0 Å². The van der Waals surface area contributed by atoms with Gasteiger partial charge in [-0.2, -0.15) is 0 Å². The number of hydrogen-bond donors (Lipinski definition) is 1. The topological polar surface area (TPSA) is 46.3 Å². The van der Waals surface area contributed by atoms with Crippen molar-refractivity contribution in [1.82, 2.24) is 4.90 Å². The Balaban J connectivity index is 4.98. The quantitative estimate of drug-likeness (QED) is 0.691. The summed E-state index contributed by atoms with van der Waals surface area (Å²) in [7, 11) is 0. The molecule has 18 heavy (non-hydrogen) atoms. The summed E-state index contributed by atoms with van der Waals surface area (Å²) in [6.45, 7) is 12.9. The average molecular weight is 256 g/mol. The molecule has 2 N–H and O–H groups in total. The predicted molar refractivity (Wildman–Crippen MR) is 78.6 cm³/mol. The molecule has 3 heteroatoms. The molecule has 0 aliphatic rings. The summed E-state index contributed by atoms with van der Waals surface area (Å²) in [5.41, 5.74) is 5.30. The number of primary amides is 1. The molecule has 0 unspecified atom stereocenters. The van der Waals surface area contributed by atoms with Crippen LogP contribution in [0.5, 0.6) is 0 Å². The Morgan fingerprint density at radius 1 is 0.944 bits per heavy atom. The van der Waals surface area contributed by atoms with E-state index in [2.05, 4.69) is 41.5 Å². The number of nitrogens with two attached hydrogens (primary N) is 1. The van der Waals surface area contributed by atoms with Crippen molar-refractivity contribution in [1.29, 1.82) is 0 Å². The zero-order valence-corrected chi connectivity index (χ0v) is 13.2. The number of amides is 2. The lowest BCUT2D eigenvalue weighted by Crippen LogP contribution is -2.60. The van der Waals surface area contributed by atoms with E-state index in [9.17, 15) is 4.79 Å². The first-order valence-electron chi connectivity index (χ1n) is 7.28. The molecular formula is C15H32N2O. The monoisotopic (exact) mass is 256 g/mol. The summed E-state index contributed by atoms with van der Waals surface area (Å²) < 4.78 is 0. The van der Waals surface area contributed by atoms with Gasteiger partial charge in [-0.1, -0.05) is 39.5 Å². The van der Waals surface area contributed by atoms with Crippen molar-refractivity contribution in [2.75, 3.05) is 0 Å². The summed E-state index contributed by atoms with van der Waals surface area (Å²) in [4.78, 5) is 13.8. The van der Waals surface area contributed by atoms with Gasteiger partial charge in [0.05, 0.1) is 0 Å². The average Bonchev–Trinajstić information content (AvgIpc) is 2.22. The maximum absolute atomic E-state index is 11.9. The van der Waals surface area contributed by atoms with E-state index in [1.54, 1.807) is 0 Å². The van der Waals surface area contributed by atoms with Gasteiger partial charge in [0.25, 0.3) is 0 Å². The Labute approximate surface area is 113 Å². The van der Waals surface area contributed by atoms with Crippen LogP contribution in [-0.4, -0.2) is 22.0 Å². The maximum Gasteiger partial charge on any atom is 0.315 e.